The van der Waals surface area contributed by atoms with E-state index < -0.39 is 23.0 Å². The standard InChI is InChI=1S/C16H22F4N4O/c1-14(2,3)13(25)21-9-15(17)4-6-24(7-5-15)12-8-11(16(18,19)20)22-10-23-12/h8,10H,4-7,9H2,1-3H3,(H,21,25). The molecule has 0 aromatic carbocycles. The summed E-state index contributed by atoms with van der Waals surface area (Å²) in [6.07, 6.45) is -3.49. The SMILES string of the molecule is CC(C)(C)C(=O)NCC1(F)CCN(c2cc(C(F)(F)F)ncn2)CC1. The van der Waals surface area contributed by atoms with Gasteiger partial charge in [-0.1, -0.05) is 20.8 Å². The predicted octanol–water partition coefficient (Wildman–Crippen LogP) is 2.97. The van der Waals surface area contributed by atoms with Crippen molar-refractivity contribution in [2.45, 2.75) is 45.5 Å². The molecule has 2 rings (SSSR count). The molecular weight excluding hydrogens is 340 g/mol. The van der Waals surface area contributed by atoms with E-state index >= 15 is 0 Å². The first-order chi connectivity index (χ1) is 11.4. The number of nitrogens with zero attached hydrogens (tertiary/aromatic N) is 3. The van der Waals surface area contributed by atoms with Crippen LogP contribution in [0.15, 0.2) is 12.4 Å². The second-order valence-electron chi connectivity index (χ2n) is 7.33. The van der Waals surface area contributed by atoms with Gasteiger partial charge in [-0.25, -0.2) is 14.4 Å². The molecule has 1 saturated heterocycles. The molecule has 1 aromatic heterocycles. The normalized spacial score (nSPS) is 18.1. The number of anilines is 1. The third-order valence-corrected chi connectivity index (χ3v) is 4.17. The molecule has 1 aliphatic heterocycles. The summed E-state index contributed by atoms with van der Waals surface area (Å²) in [5.41, 5.74) is -3.20. The molecule has 1 aromatic rings. The number of hydrogen-bond donors (Lipinski definition) is 1. The lowest BCUT2D eigenvalue weighted by Crippen LogP contribution is -2.50. The minimum atomic E-state index is -4.55. The van der Waals surface area contributed by atoms with Gasteiger partial charge in [0.2, 0.25) is 5.91 Å². The third-order valence-electron chi connectivity index (χ3n) is 4.17. The van der Waals surface area contributed by atoms with Crippen LogP contribution in [-0.4, -0.2) is 41.2 Å². The molecule has 0 aliphatic carbocycles. The van der Waals surface area contributed by atoms with Gasteiger partial charge in [0.15, 0.2) is 0 Å². The van der Waals surface area contributed by atoms with E-state index in [2.05, 4.69) is 15.3 Å². The first-order valence-corrected chi connectivity index (χ1v) is 8.02. The number of carbonyl (C=O) groups is 1. The van der Waals surface area contributed by atoms with Crippen molar-refractivity contribution in [3.05, 3.63) is 18.1 Å². The summed E-state index contributed by atoms with van der Waals surface area (Å²) in [5, 5.41) is 2.61. The summed E-state index contributed by atoms with van der Waals surface area (Å²) in [6.45, 7) is 5.55. The van der Waals surface area contributed by atoms with Gasteiger partial charge in [0.1, 0.15) is 23.5 Å². The maximum atomic E-state index is 14.8. The van der Waals surface area contributed by atoms with Crippen LogP contribution in [0, 0.1) is 5.41 Å². The van der Waals surface area contributed by atoms with Gasteiger partial charge in [-0.3, -0.25) is 4.79 Å². The largest absolute Gasteiger partial charge is 0.433 e. The zero-order chi connectivity index (χ0) is 18.9. The van der Waals surface area contributed by atoms with E-state index in [1.807, 2.05) is 0 Å². The molecule has 0 bridgehead atoms. The topological polar surface area (TPSA) is 58.1 Å². The fraction of sp³-hybridized carbons (Fsp3) is 0.688. The van der Waals surface area contributed by atoms with E-state index in [4.69, 9.17) is 0 Å². The molecule has 0 radical (unpaired) electrons. The van der Waals surface area contributed by atoms with Crippen LogP contribution in [0.25, 0.3) is 0 Å². The quantitative estimate of drug-likeness (QED) is 0.840. The number of piperidine rings is 1. The van der Waals surface area contributed by atoms with Crippen LogP contribution in [0.3, 0.4) is 0 Å². The summed E-state index contributed by atoms with van der Waals surface area (Å²) in [7, 11) is 0. The zero-order valence-electron chi connectivity index (χ0n) is 14.5. The fourth-order valence-electron chi connectivity index (χ4n) is 2.49. The van der Waals surface area contributed by atoms with Crippen molar-refractivity contribution < 1.29 is 22.4 Å². The van der Waals surface area contributed by atoms with Crippen LogP contribution < -0.4 is 10.2 Å². The molecule has 1 N–H and O–H groups in total. The van der Waals surface area contributed by atoms with Crippen molar-refractivity contribution in [1.82, 2.24) is 15.3 Å². The minimum Gasteiger partial charge on any atom is -0.356 e. The van der Waals surface area contributed by atoms with Crippen LogP contribution in [-0.2, 0) is 11.0 Å². The monoisotopic (exact) mass is 362 g/mol. The molecule has 0 saturated carbocycles. The average molecular weight is 362 g/mol. The van der Waals surface area contributed by atoms with E-state index in [1.54, 1.807) is 25.7 Å². The van der Waals surface area contributed by atoms with Crippen molar-refractivity contribution in [2.75, 3.05) is 24.5 Å². The highest BCUT2D eigenvalue weighted by Crippen LogP contribution is 2.32. The molecule has 1 amide bonds. The molecule has 25 heavy (non-hydrogen) atoms. The van der Waals surface area contributed by atoms with E-state index in [9.17, 15) is 22.4 Å². The minimum absolute atomic E-state index is 0.1000. The molecule has 1 aliphatic rings. The molecule has 0 atom stereocenters. The van der Waals surface area contributed by atoms with Gasteiger partial charge < -0.3 is 10.2 Å². The van der Waals surface area contributed by atoms with Crippen molar-refractivity contribution in [2.24, 2.45) is 5.41 Å². The van der Waals surface area contributed by atoms with E-state index in [-0.39, 0.29) is 44.2 Å². The Morgan fingerprint density at radius 1 is 1.24 bits per heavy atom. The van der Waals surface area contributed by atoms with Gasteiger partial charge in [0.25, 0.3) is 0 Å². The molecule has 5 nitrogen and oxygen atoms in total. The van der Waals surface area contributed by atoms with Crippen LogP contribution >= 0.6 is 0 Å². The molecule has 9 heteroatoms. The number of alkyl halides is 4. The summed E-state index contributed by atoms with van der Waals surface area (Å²) in [5.74, 6) is -0.110. The first-order valence-electron chi connectivity index (χ1n) is 8.02. The summed E-state index contributed by atoms with van der Waals surface area (Å²) < 4.78 is 53.0. The molecule has 2 heterocycles. The number of rotatable bonds is 3. The van der Waals surface area contributed by atoms with Gasteiger partial charge in [0, 0.05) is 37.4 Å². The van der Waals surface area contributed by atoms with Crippen LogP contribution in [0.5, 0.6) is 0 Å². The van der Waals surface area contributed by atoms with Gasteiger partial charge >= 0.3 is 6.18 Å². The Kier molecular flexibility index (Phi) is 5.24. The van der Waals surface area contributed by atoms with Crippen LogP contribution in [0.4, 0.5) is 23.4 Å². The van der Waals surface area contributed by atoms with Gasteiger partial charge in [0.05, 0.1) is 6.54 Å². The van der Waals surface area contributed by atoms with Crippen molar-refractivity contribution in [3.63, 3.8) is 0 Å². The zero-order valence-corrected chi connectivity index (χ0v) is 14.5. The first kappa shape index (κ1) is 19.4. The Morgan fingerprint density at radius 3 is 2.36 bits per heavy atom. The Balaban J connectivity index is 1.96. The number of nitrogens with one attached hydrogen (secondary N) is 1. The van der Waals surface area contributed by atoms with Crippen molar-refractivity contribution in [1.29, 1.82) is 0 Å². The number of hydrogen-bond acceptors (Lipinski definition) is 4. The third kappa shape index (κ3) is 5.02. The number of carbonyl (C=O) groups excluding carboxylic acids is 1. The number of halogens is 4. The van der Waals surface area contributed by atoms with Crippen LogP contribution in [0.1, 0.15) is 39.3 Å². The Labute approximate surface area is 143 Å². The average Bonchev–Trinajstić information content (AvgIpc) is 2.52. The second kappa shape index (κ2) is 6.76. The lowest BCUT2D eigenvalue weighted by atomic mass is 9.91. The summed E-state index contributed by atoms with van der Waals surface area (Å²) in [6, 6.07) is 0.868. The molecular formula is C16H22F4N4O. The summed E-state index contributed by atoms with van der Waals surface area (Å²) >= 11 is 0. The number of aromatic nitrogens is 2. The van der Waals surface area contributed by atoms with Gasteiger partial charge in [-0.2, -0.15) is 13.2 Å². The van der Waals surface area contributed by atoms with Crippen LogP contribution in [0.2, 0.25) is 0 Å². The lowest BCUT2D eigenvalue weighted by Gasteiger charge is -2.37. The molecule has 140 valence electrons. The van der Waals surface area contributed by atoms with E-state index in [1.165, 1.54) is 0 Å². The highest BCUT2D eigenvalue weighted by molar-refractivity contribution is 5.81. The van der Waals surface area contributed by atoms with Gasteiger partial charge in [-0.15, -0.1) is 0 Å². The fourth-order valence-corrected chi connectivity index (χ4v) is 2.49. The number of amides is 1. The predicted molar refractivity (Wildman–Crippen MR) is 84.8 cm³/mol. The summed E-state index contributed by atoms with van der Waals surface area (Å²) in [4.78, 5) is 20.5. The maximum Gasteiger partial charge on any atom is 0.433 e. The molecule has 0 spiro atoms. The van der Waals surface area contributed by atoms with E-state index in [0.717, 1.165) is 12.4 Å². The highest BCUT2D eigenvalue weighted by atomic mass is 19.4. The maximum absolute atomic E-state index is 14.8. The highest BCUT2D eigenvalue weighted by Gasteiger charge is 2.37. The Morgan fingerprint density at radius 2 is 1.84 bits per heavy atom. The molecule has 0 unspecified atom stereocenters. The second-order valence-corrected chi connectivity index (χ2v) is 7.33. The smallest absolute Gasteiger partial charge is 0.356 e. The van der Waals surface area contributed by atoms with E-state index in [0.29, 0.717) is 0 Å². The lowest BCUT2D eigenvalue weighted by molar-refractivity contribution is -0.141. The Bertz CT molecular complexity index is 619. The molecule has 1 fully saturated rings. The Hall–Kier alpha value is -1.93. The van der Waals surface area contributed by atoms with Crippen molar-refractivity contribution >= 4 is 11.7 Å². The van der Waals surface area contributed by atoms with Crippen molar-refractivity contribution in [3.8, 4) is 0 Å². The van der Waals surface area contributed by atoms with Gasteiger partial charge in [-0.05, 0) is 0 Å².